The zero-order valence-electron chi connectivity index (χ0n) is 2.90. The van der Waals surface area contributed by atoms with Crippen LogP contribution in [0.3, 0.4) is 0 Å². The molecule has 0 atom stereocenters. The normalized spacial score (nSPS) is 0. The fourth-order valence-electron chi connectivity index (χ4n) is 0. The van der Waals surface area contributed by atoms with E-state index >= 15 is 0 Å². The molecule has 0 aliphatic rings. The summed E-state index contributed by atoms with van der Waals surface area (Å²) in [6.45, 7) is 0. The molecular weight excluding hydrogens is 238 g/mol. The van der Waals surface area contributed by atoms with Crippen LogP contribution in [0.1, 0.15) is 0 Å². The molecule has 1 nitrogen and oxygen atoms in total. The number of thiol groups is 4. The molecule has 3 N–H and O–H groups in total. The van der Waals surface area contributed by atoms with Gasteiger partial charge in [-0.1, -0.05) is 0 Å². The van der Waals surface area contributed by atoms with Crippen LogP contribution in [0, 0.1) is 0 Å². The molecule has 0 aromatic heterocycles. The summed E-state index contributed by atoms with van der Waals surface area (Å²) in [5, 5.41) is 0. The molecule has 0 saturated heterocycles. The minimum Gasteiger partial charge on any atom is -0.813 e. The van der Waals surface area contributed by atoms with Gasteiger partial charge in [-0.05, 0) is 0 Å². The van der Waals surface area contributed by atoms with Crippen molar-refractivity contribution in [3.05, 3.63) is 0 Å². The largest absolute Gasteiger partial charge is 4.00 e. The van der Waals surface area contributed by atoms with E-state index in [9.17, 15) is 0 Å². The number of hydrogen-bond donors (Lipinski definition) is 1. The van der Waals surface area contributed by atoms with Gasteiger partial charge in [0.1, 0.15) is 0 Å². The summed E-state index contributed by atoms with van der Waals surface area (Å²) in [7, 11) is 0. The molecule has 0 unspecified atom stereocenters. The van der Waals surface area contributed by atoms with Gasteiger partial charge >= 0.3 is 21.1 Å². The van der Waals surface area contributed by atoms with Gasteiger partial charge < -0.3 is 60.1 Å². The zero-order chi connectivity index (χ0) is 0. The monoisotopic (exact) mass is 247 g/mol. The Kier molecular flexibility index (Phi) is 976. The maximum atomic E-state index is 0. The molecule has 0 aliphatic heterocycles. The quantitative estimate of drug-likeness (QED) is 0.339. The summed E-state index contributed by atoms with van der Waals surface area (Å²) in [5.74, 6) is 0. The van der Waals surface area contributed by atoms with Crippen molar-refractivity contribution >= 4 is 54.0 Å². The molecule has 6 heavy (non-hydrogen) atoms. The molecule has 0 radical (unpaired) electrons. The van der Waals surface area contributed by atoms with Crippen molar-refractivity contribution in [2.45, 2.75) is 0 Å². The van der Waals surface area contributed by atoms with Gasteiger partial charge in [0.25, 0.3) is 0 Å². The molecule has 0 aromatic carbocycles. The fraction of sp³-hybridized carbons (Fsp3) is 0. The average molecular weight is 245 g/mol. The zero-order valence-corrected chi connectivity index (χ0v) is 8.49. The first-order valence-electron chi connectivity index (χ1n) is 0. The van der Waals surface area contributed by atoms with E-state index in [0.29, 0.717) is 0 Å². The Bertz CT molecular complexity index is 7.51. The molecular formula is H7MoNS4. The van der Waals surface area contributed by atoms with Gasteiger partial charge in [-0.15, -0.1) is 0 Å². The number of rotatable bonds is 0. The Hall–Kier alpha value is 2.05. The second kappa shape index (κ2) is 61.5. The van der Waals surface area contributed by atoms with Crippen LogP contribution < -0.4 is 6.15 Å². The van der Waals surface area contributed by atoms with E-state index < -0.39 is 0 Å². The van der Waals surface area contributed by atoms with E-state index in [1.165, 1.54) is 0 Å². The second-order valence-corrected chi connectivity index (χ2v) is 0. The Morgan fingerprint density at radius 1 is 0.500 bits per heavy atom. The molecule has 0 aliphatic carbocycles. The summed E-state index contributed by atoms with van der Waals surface area (Å²) in [4.78, 5) is 0. The van der Waals surface area contributed by atoms with E-state index in [-0.39, 0.29) is 81.2 Å². The van der Waals surface area contributed by atoms with Gasteiger partial charge in [0, 0.05) is 0 Å². The smallest absolute Gasteiger partial charge is 0.813 e. The third-order valence-electron chi connectivity index (χ3n) is 0. The summed E-state index contributed by atoms with van der Waals surface area (Å²) in [5.41, 5.74) is 0. The average Bonchev–Trinajstić information content (AvgIpc) is 0. The third kappa shape index (κ3) is 36.7. The van der Waals surface area contributed by atoms with E-state index in [1.807, 2.05) is 0 Å². The Morgan fingerprint density at radius 2 is 0.500 bits per heavy atom. The summed E-state index contributed by atoms with van der Waals surface area (Å²) < 4.78 is 0. The topological polar surface area (TPSA) is 35.0 Å². The standard InChI is InChI=1S/Mo.H3N.4H2S/h;1H3;4*1H2/q+4;;;;;/p-4. The van der Waals surface area contributed by atoms with Gasteiger partial charge in [-0.2, -0.15) is 0 Å². The van der Waals surface area contributed by atoms with E-state index in [1.54, 1.807) is 0 Å². The van der Waals surface area contributed by atoms with Crippen LogP contribution >= 0.6 is 0 Å². The SMILES string of the molecule is N.[Mo+4].[SH-].[SH-].[SH-].[SH-]. The van der Waals surface area contributed by atoms with Crippen LogP contribution in [0.4, 0.5) is 0 Å². The van der Waals surface area contributed by atoms with Crippen molar-refractivity contribution < 1.29 is 21.1 Å². The van der Waals surface area contributed by atoms with E-state index in [2.05, 4.69) is 0 Å². The Balaban J connectivity index is 0. The predicted molar refractivity (Wildman–Crippen MR) is 40.1 cm³/mol. The summed E-state index contributed by atoms with van der Waals surface area (Å²) >= 11 is 0. The van der Waals surface area contributed by atoms with Crippen molar-refractivity contribution in [2.24, 2.45) is 0 Å². The van der Waals surface area contributed by atoms with Crippen molar-refractivity contribution in [3.63, 3.8) is 0 Å². The first kappa shape index (κ1) is 95.3. The maximum absolute atomic E-state index is 0. The van der Waals surface area contributed by atoms with Crippen LogP contribution in [-0.4, -0.2) is 0 Å². The molecule has 0 spiro atoms. The second-order valence-electron chi connectivity index (χ2n) is 0. The van der Waals surface area contributed by atoms with Crippen molar-refractivity contribution in [3.8, 4) is 0 Å². The van der Waals surface area contributed by atoms with Crippen molar-refractivity contribution in [1.82, 2.24) is 6.15 Å². The first-order chi connectivity index (χ1) is 0. The molecule has 0 bridgehead atoms. The van der Waals surface area contributed by atoms with Gasteiger partial charge in [0.15, 0.2) is 0 Å². The van der Waals surface area contributed by atoms with Crippen molar-refractivity contribution in [1.29, 1.82) is 0 Å². The van der Waals surface area contributed by atoms with Crippen molar-refractivity contribution in [2.75, 3.05) is 0 Å². The van der Waals surface area contributed by atoms with E-state index in [4.69, 9.17) is 0 Å². The maximum Gasteiger partial charge on any atom is 4.00 e. The Morgan fingerprint density at radius 3 is 0.500 bits per heavy atom. The molecule has 42 valence electrons. The molecule has 0 fully saturated rings. The summed E-state index contributed by atoms with van der Waals surface area (Å²) in [6.07, 6.45) is 0. The van der Waals surface area contributed by atoms with Gasteiger partial charge in [-0.3, -0.25) is 0 Å². The molecule has 0 aromatic rings. The number of hydrogen-bond acceptors (Lipinski definition) is 5. The van der Waals surface area contributed by atoms with Crippen LogP contribution in [0.2, 0.25) is 0 Å². The third-order valence-corrected chi connectivity index (χ3v) is 0. The molecule has 0 heterocycles. The fourth-order valence-corrected chi connectivity index (χ4v) is 0. The van der Waals surface area contributed by atoms with Gasteiger partial charge in [0.05, 0.1) is 0 Å². The van der Waals surface area contributed by atoms with Crippen LogP contribution in [0.25, 0.3) is 0 Å². The van der Waals surface area contributed by atoms with Crippen LogP contribution in [0.5, 0.6) is 0 Å². The van der Waals surface area contributed by atoms with Crippen LogP contribution in [-0.2, 0) is 75.0 Å². The van der Waals surface area contributed by atoms with Crippen LogP contribution in [0.15, 0.2) is 0 Å². The molecule has 0 saturated carbocycles. The van der Waals surface area contributed by atoms with Gasteiger partial charge in [-0.25, -0.2) is 0 Å². The minimum atomic E-state index is 0. The summed E-state index contributed by atoms with van der Waals surface area (Å²) in [6, 6.07) is 0. The Labute approximate surface area is 80.7 Å². The first-order valence-corrected chi connectivity index (χ1v) is 0. The molecule has 0 amide bonds. The predicted octanol–water partition coefficient (Wildman–Crippen LogP) is -0.921. The molecule has 0 rings (SSSR count). The van der Waals surface area contributed by atoms with Gasteiger partial charge in [0.2, 0.25) is 0 Å². The molecule has 6 heteroatoms. The van der Waals surface area contributed by atoms with E-state index in [0.717, 1.165) is 0 Å². The minimum absolute atomic E-state index is 0.